The van der Waals surface area contributed by atoms with Gasteiger partial charge in [0.05, 0.1) is 18.2 Å². The molecule has 0 radical (unpaired) electrons. The summed E-state index contributed by atoms with van der Waals surface area (Å²) in [6, 6.07) is 9.90. The number of aliphatic hydroxyl groups excluding tert-OH is 1. The Morgan fingerprint density at radius 3 is 2.47 bits per heavy atom. The average molecular weight is 441 g/mol. The lowest BCUT2D eigenvalue weighted by atomic mass is 9.94. The summed E-state index contributed by atoms with van der Waals surface area (Å²) in [6.07, 6.45) is 1.38. The zero-order valence-electron chi connectivity index (χ0n) is 18.6. The number of amides is 1. The fraction of sp³-hybridized carbons (Fsp3) is 0.360. The minimum absolute atomic E-state index is 0.0133. The van der Waals surface area contributed by atoms with Gasteiger partial charge in [-0.25, -0.2) is 4.39 Å². The molecule has 1 amide bonds. The molecule has 1 saturated heterocycles. The summed E-state index contributed by atoms with van der Waals surface area (Å²) >= 11 is 0. The third kappa shape index (κ3) is 4.83. The summed E-state index contributed by atoms with van der Waals surface area (Å²) in [7, 11) is 1.56. The Labute approximate surface area is 187 Å². The van der Waals surface area contributed by atoms with Crippen LogP contribution in [0, 0.1) is 12.7 Å². The molecule has 1 fully saturated rings. The van der Waals surface area contributed by atoms with E-state index in [1.165, 1.54) is 29.2 Å². The van der Waals surface area contributed by atoms with Crippen molar-refractivity contribution in [2.24, 2.45) is 0 Å². The van der Waals surface area contributed by atoms with Crippen molar-refractivity contribution in [2.45, 2.75) is 32.7 Å². The molecule has 0 bridgehead atoms. The van der Waals surface area contributed by atoms with Crippen molar-refractivity contribution in [2.75, 3.05) is 26.9 Å². The largest absolute Gasteiger partial charge is 0.507 e. The van der Waals surface area contributed by atoms with Crippen LogP contribution in [-0.4, -0.2) is 48.6 Å². The Bertz CT molecular complexity index is 1020. The fourth-order valence-corrected chi connectivity index (χ4v) is 3.81. The maximum absolute atomic E-state index is 13.5. The predicted octanol–water partition coefficient (Wildman–Crippen LogP) is 4.38. The number of halogens is 1. The Hall–Kier alpha value is -3.19. The number of likely N-dealkylation sites (tertiary alicyclic amines) is 1. The molecule has 6 nitrogen and oxygen atoms in total. The van der Waals surface area contributed by atoms with Crippen LogP contribution in [0.4, 0.5) is 4.39 Å². The Balaban J connectivity index is 2.06. The quantitative estimate of drug-likeness (QED) is 0.271. The summed E-state index contributed by atoms with van der Waals surface area (Å²) < 4.78 is 24.3. The van der Waals surface area contributed by atoms with E-state index in [9.17, 15) is 19.1 Å². The molecule has 3 rings (SSSR count). The maximum atomic E-state index is 13.5. The van der Waals surface area contributed by atoms with Gasteiger partial charge in [0, 0.05) is 25.8 Å². The summed E-state index contributed by atoms with van der Waals surface area (Å²) in [6.45, 7) is 5.11. The number of rotatable bonds is 9. The van der Waals surface area contributed by atoms with Crippen LogP contribution in [0.15, 0.2) is 48.0 Å². The van der Waals surface area contributed by atoms with Crippen LogP contribution in [-0.2, 0) is 14.3 Å². The third-order valence-electron chi connectivity index (χ3n) is 5.38. The highest BCUT2D eigenvalue weighted by molar-refractivity contribution is 6.46. The molecule has 0 saturated carbocycles. The monoisotopic (exact) mass is 441 g/mol. The first-order chi connectivity index (χ1) is 15.4. The zero-order valence-corrected chi connectivity index (χ0v) is 18.6. The molecule has 0 spiro atoms. The molecule has 1 unspecified atom stereocenters. The van der Waals surface area contributed by atoms with Gasteiger partial charge in [0.1, 0.15) is 17.3 Å². The highest BCUT2D eigenvalue weighted by Crippen LogP contribution is 2.40. The number of hydrogen-bond acceptors (Lipinski definition) is 5. The first-order valence-corrected chi connectivity index (χ1v) is 10.7. The van der Waals surface area contributed by atoms with Gasteiger partial charge in [-0.3, -0.25) is 9.59 Å². The first-order valence-electron chi connectivity index (χ1n) is 10.7. The third-order valence-corrected chi connectivity index (χ3v) is 5.38. The van der Waals surface area contributed by atoms with Gasteiger partial charge in [-0.05, 0) is 61.2 Å². The van der Waals surface area contributed by atoms with E-state index in [-0.39, 0.29) is 17.9 Å². The summed E-state index contributed by atoms with van der Waals surface area (Å²) in [5.74, 6) is -1.46. The number of nitrogens with zero attached hydrogens (tertiary/aromatic N) is 1. The minimum atomic E-state index is -0.816. The van der Waals surface area contributed by atoms with Crippen LogP contribution in [0.2, 0.25) is 0 Å². The van der Waals surface area contributed by atoms with Gasteiger partial charge >= 0.3 is 0 Å². The van der Waals surface area contributed by atoms with Gasteiger partial charge in [0.25, 0.3) is 11.7 Å². The molecular weight excluding hydrogens is 413 g/mol. The maximum Gasteiger partial charge on any atom is 0.295 e. The van der Waals surface area contributed by atoms with E-state index in [1.807, 2.05) is 13.8 Å². The number of aryl methyl sites for hydroxylation is 1. The zero-order chi connectivity index (χ0) is 23.3. The molecule has 2 aromatic rings. The van der Waals surface area contributed by atoms with Crippen LogP contribution in [0.3, 0.4) is 0 Å². The van der Waals surface area contributed by atoms with Crippen molar-refractivity contribution in [1.82, 2.24) is 4.90 Å². The van der Waals surface area contributed by atoms with Crippen LogP contribution in [0.25, 0.3) is 5.76 Å². The molecule has 0 aromatic heterocycles. The van der Waals surface area contributed by atoms with E-state index in [1.54, 1.807) is 25.3 Å². The van der Waals surface area contributed by atoms with Crippen molar-refractivity contribution in [3.63, 3.8) is 0 Å². The van der Waals surface area contributed by atoms with E-state index < -0.39 is 23.5 Å². The number of carbonyl (C=O) groups excluding carboxylic acids is 2. The second-order valence-electron chi connectivity index (χ2n) is 7.72. The topological polar surface area (TPSA) is 76.1 Å². The first kappa shape index (κ1) is 23.5. The molecular formula is C25H28FNO5. The number of hydrogen-bond donors (Lipinski definition) is 1. The van der Waals surface area contributed by atoms with E-state index in [2.05, 4.69) is 0 Å². The molecule has 0 aliphatic carbocycles. The summed E-state index contributed by atoms with van der Waals surface area (Å²) in [5.41, 5.74) is 1.74. The van der Waals surface area contributed by atoms with E-state index in [0.717, 1.165) is 12.0 Å². The molecule has 1 atom stereocenters. The van der Waals surface area contributed by atoms with E-state index in [4.69, 9.17) is 9.47 Å². The molecule has 1 N–H and O–H groups in total. The fourth-order valence-electron chi connectivity index (χ4n) is 3.81. The number of methoxy groups -OCH3 is 1. The highest BCUT2D eigenvalue weighted by atomic mass is 19.1. The van der Waals surface area contributed by atoms with Crippen molar-refractivity contribution in [3.05, 3.63) is 70.5 Å². The second kappa shape index (κ2) is 10.4. The van der Waals surface area contributed by atoms with Gasteiger partial charge in [0.2, 0.25) is 0 Å². The summed E-state index contributed by atoms with van der Waals surface area (Å²) in [4.78, 5) is 27.2. The number of ether oxygens (including phenoxy) is 2. The van der Waals surface area contributed by atoms with Crippen molar-refractivity contribution < 1.29 is 28.6 Å². The number of ketones is 1. The Kier molecular flexibility index (Phi) is 7.64. The lowest BCUT2D eigenvalue weighted by Gasteiger charge is -2.25. The average Bonchev–Trinajstić information content (AvgIpc) is 3.03. The van der Waals surface area contributed by atoms with Crippen LogP contribution in [0.1, 0.15) is 42.5 Å². The number of benzene rings is 2. The van der Waals surface area contributed by atoms with Crippen molar-refractivity contribution in [1.29, 1.82) is 0 Å². The molecule has 2 aromatic carbocycles. The molecule has 170 valence electrons. The predicted molar refractivity (Wildman–Crippen MR) is 119 cm³/mol. The van der Waals surface area contributed by atoms with Gasteiger partial charge in [-0.1, -0.05) is 19.1 Å². The smallest absolute Gasteiger partial charge is 0.295 e. The minimum Gasteiger partial charge on any atom is -0.507 e. The van der Waals surface area contributed by atoms with Gasteiger partial charge in [-0.2, -0.15) is 0 Å². The van der Waals surface area contributed by atoms with Gasteiger partial charge < -0.3 is 19.5 Å². The SMILES string of the molecule is CCCOc1ccc(/C(O)=C2/C(=O)C(=O)N(CCCOC)C2c2ccc(F)cc2)cc1C. The molecule has 7 heteroatoms. The van der Waals surface area contributed by atoms with Crippen LogP contribution < -0.4 is 4.74 Å². The Morgan fingerprint density at radius 2 is 1.84 bits per heavy atom. The molecule has 1 aliphatic heterocycles. The van der Waals surface area contributed by atoms with Gasteiger partial charge in [-0.15, -0.1) is 0 Å². The molecule has 1 heterocycles. The summed E-state index contributed by atoms with van der Waals surface area (Å²) in [5, 5.41) is 11.1. The lowest BCUT2D eigenvalue weighted by molar-refractivity contribution is -0.140. The van der Waals surface area contributed by atoms with E-state index in [0.29, 0.717) is 36.5 Å². The van der Waals surface area contributed by atoms with Gasteiger partial charge in [0.15, 0.2) is 0 Å². The number of aliphatic hydroxyl groups is 1. The number of Topliss-reactive ketones (excluding diaryl/α,β-unsaturated/α-hetero) is 1. The molecule has 1 aliphatic rings. The highest BCUT2D eigenvalue weighted by Gasteiger charge is 2.45. The Morgan fingerprint density at radius 1 is 1.12 bits per heavy atom. The second-order valence-corrected chi connectivity index (χ2v) is 7.72. The normalized spacial score (nSPS) is 17.8. The van der Waals surface area contributed by atoms with Crippen LogP contribution in [0.5, 0.6) is 5.75 Å². The van der Waals surface area contributed by atoms with Crippen molar-refractivity contribution in [3.8, 4) is 5.75 Å². The standard InChI is InChI=1S/C25H28FNO5/c1-4-13-32-20-11-8-18(15-16(20)2)23(28)21-22(17-6-9-19(26)10-7-17)27(12-5-14-31-3)25(30)24(21)29/h6-11,15,22,28H,4-5,12-14H2,1-3H3/b23-21-. The number of carbonyl (C=O) groups is 2. The van der Waals surface area contributed by atoms with Crippen LogP contribution >= 0.6 is 0 Å². The lowest BCUT2D eigenvalue weighted by Crippen LogP contribution is -2.31. The molecule has 32 heavy (non-hydrogen) atoms. The van der Waals surface area contributed by atoms with Crippen molar-refractivity contribution >= 4 is 17.4 Å². The van der Waals surface area contributed by atoms with E-state index >= 15 is 0 Å².